The number of carbonyl (C=O) groups excluding carboxylic acids is 1. The molecule has 0 aliphatic carbocycles. The molecule has 5 nitrogen and oxygen atoms in total. The number of carbonyl (C=O) groups is 1. The van der Waals surface area contributed by atoms with E-state index in [1.54, 1.807) is 18.5 Å². The molecule has 0 saturated heterocycles. The lowest BCUT2D eigenvalue weighted by atomic mass is 10.0. The van der Waals surface area contributed by atoms with Gasteiger partial charge in [0.05, 0.1) is 18.8 Å². The van der Waals surface area contributed by atoms with E-state index in [1.807, 2.05) is 17.8 Å². The first-order chi connectivity index (χ1) is 9.32. The van der Waals surface area contributed by atoms with E-state index >= 15 is 0 Å². The van der Waals surface area contributed by atoms with Crippen LogP contribution < -0.4 is 0 Å². The Morgan fingerprint density at radius 3 is 2.55 bits per heavy atom. The van der Waals surface area contributed by atoms with Crippen LogP contribution in [-0.2, 0) is 10.3 Å². The zero-order valence-electron chi connectivity index (χ0n) is 12.5. The molecule has 5 heteroatoms. The molecule has 2 heterocycles. The third-order valence-corrected chi connectivity index (χ3v) is 3.08. The molecule has 0 radical (unpaired) electrons. The lowest BCUT2D eigenvalue weighted by molar-refractivity contribution is 0.0594. The smallest absolute Gasteiger partial charge is 0.356 e. The molecule has 0 aliphatic heterocycles. The normalized spacial score (nSPS) is 11.4. The van der Waals surface area contributed by atoms with Crippen molar-refractivity contribution >= 4 is 5.97 Å². The molecule has 0 amide bonds. The predicted octanol–water partition coefficient (Wildman–Crippen LogP) is 2.80. The summed E-state index contributed by atoms with van der Waals surface area (Å²) in [7, 11) is 1.35. The zero-order valence-corrected chi connectivity index (χ0v) is 12.5. The van der Waals surface area contributed by atoms with Gasteiger partial charge >= 0.3 is 5.97 Å². The molecule has 0 fully saturated rings. The summed E-state index contributed by atoms with van der Waals surface area (Å²) in [6.45, 7) is 8.22. The molecule has 0 aliphatic rings. The lowest BCUT2D eigenvalue weighted by Crippen LogP contribution is -2.21. The summed E-state index contributed by atoms with van der Waals surface area (Å²) in [5.74, 6) is -0.436. The van der Waals surface area contributed by atoms with Crippen molar-refractivity contribution in [2.45, 2.75) is 33.2 Å². The number of aromatic nitrogens is 3. The maximum absolute atomic E-state index is 11.6. The number of nitrogens with zero attached hydrogens (tertiary/aromatic N) is 3. The fourth-order valence-corrected chi connectivity index (χ4v) is 1.88. The van der Waals surface area contributed by atoms with Crippen molar-refractivity contribution in [2.75, 3.05) is 7.11 Å². The number of rotatable bonds is 2. The first-order valence-electron chi connectivity index (χ1n) is 6.43. The number of hydrogen-bond donors (Lipinski definition) is 0. The monoisotopic (exact) mass is 273 g/mol. The largest absolute Gasteiger partial charge is 0.464 e. The van der Waals surface area contributed by atoms with Gasteiger partial charge in [-0.05, 0) is 44.9 Å². The van der Waals surface area contributed by atoms with Crippen LogP contribution in [-0.4, -0.2) is 27.8 Å². The Morgan fingerprint density at radius 2 is 2.00 bits per heavy atom. The maximum atomic E-state index is 11.6. The molecule has 20 heavy (non-hydrogen) atoms. The highest BCUT2D eigenvalue weighted by Gasteiger charge is 2.16. The standard InChI is InChI=1S/C15H19N3O2/c1-10-7-16-13(14(19)20-5)6-12(10)11-8-17-18(9-11)15(2,3)4/h6-9H,1-5H3. The Morgan fingerprint density at radius 1 is 1.30 bits per heavy atom. The number of esters is 1. The molecule has 2 aromatic rings. The van der Waals surface area contributed by atoms with Crippen LogP contribution in [0.2, 0.25) is 0 Å². The summed E-state index contributed by atoms with van der Waals surface area (Å²) >= 11 is 0. The Labute approximate surface area is 118 Å². The van der Waals surface area contributed by atoms with E-state index in [1.165, 1.54) is 7.11 Å². The molecule has 0 saturated carbocycles. The Bertz CT molecular complexity index is 639. The van der Waals surface area contributed by atoms with Gasteiger partial charge in [0.1, 0.15) is 5.69 Å². The van der Waals surface area contributed by atoms with E-state index in [4.69, 9.17) is 4.74 Å². The van der Waals surface area contributed by atoms with Crippen LogP contribution in [0.5, 0.6) is 0 Å². The highest BCUT2D eigenvalue weighted by Crippen LogP contribution is 2.25. The summed E-state index contributed by atoms with van der Waals surface area (Å²) in [4.78, 5) is 15.7. The Balaban J connectivity index is 2.47. The van der Waals surface area contributed by atoms with Crippen LogP contribution >= 0.6 is 0 Å². The van der Waals surface area contributed by atoms with E-state index in [9.17, 15) is 4.79 Å². The minimum absolute atomic E-state index is 0.0790. The average molecular weight is 273 g/mol. The van der Waals surface area contributed by atoms with Gasteiger partial charge in [0.15, 0.2) is 0 Å². The quantitative estimate of drug-likeness (QED) is 0.789. The minimum Gasteiger partial charge on any atom is -0.464 e. The average Bonchev–Trinajstić information content (AvgIpc) is 2.87. The van der Waals surface area contributed by atoms with E-state index in [0.29, 0.717) is 5.69 Å². The second-order valence-corrected chi connectivity index (χ2v) is 5.72. The topological polar surface area (TPSA) is 57.0 Å². The number of aryl methyl sites for hydroxylation is 1. The van der Waals surface area contributed by atoms with Crippen molar-refractivity contribution in [2.24, 2.45) is 0 Å². The molecule has 0 atom stereocenters. The van der Waals surface area contributed by atoms with Gasteiger partial charge in [0, 0.05) is 18.0 Å². The molecule has 0 aromatic carbocycles. The van der Waals surface area contributed by atoms with Gasteiger partial charge in [-0.2, -0.15) is 5.10 Å². The van der Waals surface area contributed by atoms with Crippen molar-refractivity contribution < 1.29 is 9.53 Å². The van der Waals surface area contributed by atoms with Gasteiger partial charge in [-0.15, -0.1) is 0 Å². The third kappa shape index (κ3) is 2.71. The summed E-state index contributed by atoms with van der Waals surface area (Å²) in [5, 5.41) is 4.38. The molecule has 0 unspecified atom stereocenters. The van der Waals surface area contributed by atoms with Crippen LogP contribution in [0, 0.1) is 6.92 Å². The van der Waals surface area contributed by atoms with Gasteiger partial charge in [-0.1, -0.05) is 0 Å². The number of methoxy groups -OCH3 is 1. The Kier molecular flexibility index (Phi) is 3.61. The summed E-state index contributed by atoms with van der Waals surface area (Å²) in [6.07, 6.45) is 5.45. The second-order valence-electron chi connectivity index (χ2n) is 5.72. The molecule has 0 N–H and O–H groups in total. The van der Waals surface area contributed by atoms with Crippen molar-refractivity contribution in [3.63, 3.8) is 0 Å². The summed E-state index contributed by atoms with van der Waals surface area (Å²) in [5.41, 5.74) is 3.12. The van der Waals surface area contributed by atoms with Crippen LogP contribution in [0.4, 0.5) is 0 Å². The summed E-state index contributed by atoms with van der Waals surface area (Å²) < 4.78 is 6.61. The van der Waals surface area contributed by atoms with Gasteiger partial charge in [-0.25, -0.2) is 9.78 Å². The number of ether oxygens (including phenoxy) is 1. The van der Waals surface area contributed by atoms with E-state index in [-0.39, 0.29) is 5.54 Å². The number of pyridine rings is 1. The van der Waals surface area contributed by atoms with Crippen LogP contribution in [0.3, 0.4) is 0 Å². The Hall–Kier alpha value is -2.17. The van der Waals surface area contributed by atoms with Crippen LogP contribution in [0.15, 0.2) is 24.7 Å². The molecule has 106 valence electrons. The molecule has 0 bridgehead atoms. The maximum Gasteiger partial charge on any atom is 0.356 e. The van der Waals surface area contributed by atoms with Crippen molar-refractivity contribution in [1.29, 1.82) is 0 Å². The van der Waals surface area contributed by atoms with E-state index < -0.39 is 5.97 Å². The van der Waals surface area contributed by atoms with E-state index in [2.05, 4.69) is 30.9 Å². The predicted molar refractivity (Wildman–Crippen MR) is 76.5 cm³/mol. The highest BCUT2D eigenvalue weighted by atomic mass is 16.5. The highest BCUT2D eigenvalue weighted by molar-refractivity contribution is 5.89. The lowest BCUT2D eigenvalue weighted by Gasteiger charge is -2.18. The second kappa shape index (κ2) is 5.07. The van der Waals surface area contributed by atoms with Gasteiger partial charge in [0.25, 0.3) is 0 Å². The van der Waals surface area contributed by atoms with Crippen molar-refractivity contribution in [1.82, 2.24) is 14.8 Å². The minimum atomic E-state index is -0.436. The first kappa shape index (κ1) is 14.2. The van der Waals surface area contributed by atoms with Gasteiger partial charge in [0.2, 0.25) is 0 Å². The van der Waals surface area contributed by atoms with Crippen LogP contribution in [0.25, 0.3) is 11.1 Å². The first-order valence-corrected chi connectivity index (χ1v) is 6.43. The van der Waals surface area contributed by atoms with E-state index in [0.717, 1.165) is 16.7 Å². The molecule has 2 aromatic heterocycles. The van der Waals surface area contributed by atoms with Gasteiger partial charge < -0.3 is 4.74 Å². The summed E-state index contributed by atoms with van der Waals surface area (Å²) in [6, 6.07) is 1.74. The fraction of sp³-hybridized carbons (Fsp3) is 0.400. The fourth-order valence-electron chi connectivity index (χ4n) is 1.88. The SMILES string of the molecule is COC(=O)c1cc(-c2cnn(C(C)(C)C)c2)c(C)cn1. The molecular formula is C15H19N3O2. The number of hydrogen-bond acceptors (Lipinski definition) is 4. The molecular weight excluding hydrogens is 254 g/mol. The third-order valence-electron chi connectivity index (χ3n) is 3.08. The van der Waals surface area contributed by atoms with Crippen molar-refractivity contribution in [3.8, 4) is 11.1 Å². The van der Waals surface area contributed by atoms with Gasteiger partial charge in [-0.3, -0.25) is 4.68 Å². The zero-order chi connectivity index (χ0) is 14.9. The molecule has 2 rings (SSSR count). The van der Waals surface area contributed by atoms with Crippen molar-refractivity contribution in [3.05, 3.63) is 35.9 Å². The van der Waals surface area contributed by atoms with Crippen LogP contribution in [0.1, 0.15) is 36.8 Å². The molecule has 0 spiro atoms.